The fourth-order valence-corrected chi connectivity index (χ4v) is 4.12. The number of urea groups is 1. The molecule has 1 aromatic heterocycles. The molecule has 0 fully saturated rings. The monoisotopic (exact) mass is 416 g/mol. The summed E-state index contributed by atoms with van der Waals surface area (Å²) in [5.74, 6) is -0.440. The molecule has 0 spiro atoms. The van der Waals surface area contributed by atoms with Gasteiger partial charge in [0.1, 0.15) is 6.61 Å². The molecule has 0 bridgehead atoms. The van der Waals surface area contributed by atoms with E-state index in [0.717, 1.165) is 8.66 Å². The molecule has 0 saturated heterocycles. The van der Waals surface area contributed by atoms with Crippen molar-refractivity contribution in [2.75, 3.05) is 20.3 Å². The molecule has 1 aliphatic rings. The number of hydrogen-bond donors (Lipinski definition) is 1. The zero-order valence-corrected chi connectivity index (χ0v) is 16.5. The van der Waals surface area contributed by atoms with Crippen LogP contribution in [0.15, 0.2) is 27.2 Å². The number of nitrogens with zero attached hydrogens (tertiary/aromatic N) is 1. The lowest BCUT2D eigenvalue weighted by molar-refractivity contribution is -0.140. The van der Waals surface area contributed by atoms with E-state index in [1.165, 1.54) is 11.3 Å². The summed E-state index contributed by atoms with van der Waals surface area (Å²) in [4.78, 5) is 27.5. The summed E-state index contributed by atoms with van der Waals surface area (Å²) < 4.78 is 11.2. The van der Waals surface area contributed by atoms with Crippen LogP contribution >= 0.6 is 27.3 Å². The Balaban J connectivity index is 2.41. The van der Waals surface area contributed by atoms with Crippen LogP contribution in [0.1, 0.15) is 31.7 Å². The molecule has 132 valence electrons. The molecular weight excluding hydrogens is 396 g/mol. The molecule has 1 N–H and O–H groups in total. The van der Waals surface area contributed by atoms with Gasteiger partial charge in [-0.2, -0.15) is 0 Å². The lowest BCUT2D eigenvalue weighted by Gasteiger charge is -2.37. The first-order valence-corrected chi connectivity index (χ1v) is 9.19. The standard InChI is InChI=1S/C16H21BrN2O4S/c1-9(2)19-10(3)13(15(20)23-8-7-22-4)14(18-16(19)21)11-5-6-12(17)24-11/h5-6,9,14H,7-8H2,1-4H3,(H,18,21)/t14-/m0/s1. The van der Waals surface area contributed by atoms with Gasteiger partial charge < -0.3 is 14.8 Å². The second-order valence-electron chi connectivity index (χ2n) is 5.62. The SMILES string of the molecule is COCCOC(=O)C1=C(C)N(C(C)C)C(=O)N[C@H]1c1ccc(Br)s1. The fourth-order valence-electron chi connectivity index (χ4n) is 2.64. The molecule has 1 aromatic rings. The molecule has 6 nitrogen and oxygen atoms in total. The van der Waals surface area contributed by atoms with E-state index in [-0.39, 0.29) is 18.7 Å². The highest BCUT2D eigenvalue weighted by Gasteiger charge is 2.38. The van der Waals surface area contributed by atoms with Crippen LogP contribution in [0, 0.1) is 0 Å². The van der Waals surface area contributed by atoms with Crippen LogP contribution in [0.25, 0.3) is 0 Å². The van der Waals surface area contributed by atoms with Crippen LogP contribution < -0.4 is 5.32 Å². The summed E-state index contributed by atoms with van der Waals surface area (Å²) in [5, 5.41) is 2.92. The maximum atomic E-state index is 12.6. The van der Waals surface area contributed by atoms with Gasteiger partial charge in [0, 0.05) is 23.7 Å². The number of carbonyl (C=O) groups is 2. The average Bonchev–Trinajstić information content (AvgIpc) is 2.92. The van der Waals surface area contributed by atoms with E-state index in [0.29, 0.717) is 17.9 Å². The molecule has 0 saturated carbocycles. The van der Waals surface area contributed by atoms with Gasteiger partial charge >= 0.3 is 12.0 Å². The van der Waals surface area contributed by atoms with Gasteiger partial charge in [0.15, 0.2) is 0 Å². The largest absolute Gasteiger partial charge is 0.460 e. The highest BCUT2D eigenvalue weighted by Crippen LogP contribution is 2.36. The Morgan fingerprint density at radius 2 is 2.12 bits per heavy atom. The lowest BCUT2D eigenvalue weighted by atomic mass is 10.00. The van der Waals surface area contributed by atoms with E-state index in [2.05, 4.69) is 21.2 Å². The van der Waals surface area contributed by atoms with Crippen molar-refractivity contribution in [2.24, 2.45) is 0 Å². The number of esters is 1. The molecule has 0 aromatic carbocycles. The maximum absolute atomic E-state index is 12.6. The number of allylic oxidation sites excluding steroid dienone is 1. The molecule has 24 heavy (non-hydrogen) atoms. The van der Waals surface area contributed by atoms with Gasteiger partial charge in [0.05, 0.1) is 22.0 Å². The molecule has 2 rings (SSSR count). The zero-order valence-electron chi connectivity index (χ0n) is 14.1. The molecule has 1 aliphatic heterocycles. The number of rotatable bonds is 6. The van der Waals surface area contributed by atoms with Crippen molar-refractivity contribution in [2.45, 2.75) is 32.9 Å². The molecule has 0 radical (unpaired) electrons. The van der Waals surface area contributed by atoms with Gasteiger partial charge in [0.2, 0.25) is 0 Å². The van der Waals surface area contributed by atoms with Gasteiger partial charge in [-0.15, -0.1) is 11.3 Å². The third-order valence-electron chi connectivity index (χ3n) is 3.66. The van der Waals surface area contributed by atoms with Crippen LogP contribution in [-0.2, 0) is 14.3 Å². The quantitative estimate of drug-likeness (QED) is 0.569. The van der Waals surface area contributed by atoms with Gasteiger partial charge in [0.25, 0.3) is 0 Å². The Bertz CT molecular complexity index is 656. The zero-order chi connectivity index (χ0) is 17.9. The van der Waals surface area contributed by atoms with Crippen molar-refractivity contribution < 1.29 is 19.1 Å². The Labute approximate surface area is 153 Å². The van der Waals surface area contributed by atoms with E-state index < -0.39 is 12.0 Å². The minimum absolute atomic E-state index is 0.0669. The predicted molar refractivity (Wildman–Crippen MR) is 95.8 cm³/mol. The molecule has 0 aliphatic carbocycles. The van der Waals surface area contributed by atoms with E-state index in [1.54, 1.807) is 18.9 Å². The molecule has 1 atom stereocenters. The summed E-state index contributed by atoms with van der Waals surface area (Å²) in [7, 11) is 1.55. The number of carbonyl (C=O) groups excluding carboxylic acids is 2. The number of halogens is 1. The molecular formula is C16H21BrN2O4S. The summed E-state index contributed by atoms with van der Waals surface area (Å²) >= 11 is 4.89. The minimum Gasteiger partial charge on any atom is -0.460 e. The highest BCUT2D eigenvalue weighted by atomic mass is 79.9. The summed E-state index contributed by atoms with van der Waals surface area (Å²) in [6, 6.07) is 2.98. The summed E-state index contributed by atoms with van der Waals surface area (Å²) in [6.45, 7) is 6.08. The van der Waals surface area contributed by atoms with E-state index in [1.807, 2.05) is 26.0 Å². The normalized spacial score (nSPS) is 18.2. The molecule has 2 amide bonds. The number of amides is 2. The Morgan fingerprint density at radius 3 is 2.67 bits per heavy atom. The van der Waals surface area contributed by atoms with E-state index >= 15 is 0 Å². The van der Waals surface area contributed by atoms with Gasteiger partial charge in [-0.25, -0.2) is 9.59 Å². The van der Waals surface area contributed by atoms with Crippen molar-refractivity contribution in [3.05, 3.63) is 32.1 Å². The smallest absolute Gasteiger partial charge is 0.338 e. The predicted octanol–water partition coefficient (Wildman–Crippen LogP) is 3.45. The van der Waals surface area contributed by atoms with Crippen molar-refractivity contribution in [1.82, 2.24) is 10.2 Å². The maximum Gasteiger partial charge on any atom is 0.338 e. The van der Waals surface area contributed by atoms with Crippen LogP contribution in [0.5, 0.6) is 0 Å². The van der Waals surface area contributed by atoms with Crippen molar-refractivity contribution in [1.29, 1.82) is 0 Å². The minimum atomic E-state index is -0.515. The molecule has 2 heterocycles. The number of hydrogen-bond acceptors (Lipinski definition) is 5. The van der Waals surface area contributed by atoms with Crippen LogP contribution in [-0.4, -0.2) is 43.3 Å². The topological polar surface area (TPSA) is 67.9 Å². The number of thiophene rings is 1. The first-order chi connectivity index (χ1) is 11.4. The second kappa shape index (κ2) is 8.13. The van der Waals surface area contributed by atoms with Crippen molar-refractivity contribution >= 4 is 39.3 Å². The van der Waals surface area contributed by atoms with Gasteiger partial charge in [-0.1, -0.05) is 0 Å². The van der Waals surface area contributed by atoms with E-state index in [9.17, 15) is 9.59 Å². The van der Waals surface area contributed by atoms with Gasteiger partial charge in [-0.05, 0) is 48.8 Å². The molecule has 0 unspecified atom stereocenters. The number of methoxy groups -OCH3 is 1. The summed E-state index contributed by atoms with van der Waals surface area (Å²) in [5.41, 5.74) is 1.07. The van der Waals surface area contributed by atoms with E-state index in [4.69, 9.17) is 9.47 Å². The van der Waals surface area contributed by atoms with Crippen molar-refractivity contribution in [3.8, 4) is 0 Å². The third kappa shape index (κ3) is 3.99. The Hall–Kier alpha value is -1.38. The Morgan fingerprint density at radius 1 is 1.42 bits per heavy atom. The average molecular weight is 417 g/mol. The lowest BCUT2D eigenvalue weighted by Crippen LogP contribution is -2.50. The Kier molecular flexibility index (Phi) is 6.42. The van der Waals surface area contributed by atoms with Crippen LogP contribution in [0.2, 0.25) is 0 Å². The van der Waals surface area contributed by atoms with Gasteiger partial charge in [-0.3, -0.25) is 4.90 Å². The number of nitrogens with one attached hydrogen (secondary N) is 1. The first kappa shape index (κ1) is 19.0. The second-order valence-corrected chi connectivity index (χ2v) is 8.11. The summed E-state index contributed by atoms with van der Waals surface area (Å²) in [6.07, 6.45) is 0. The fraction of sp³-hybridized carbons (Fsp3) is 0.500. The third-order valence-corrected chi connectivity index (χ3v) is 5.35. The first-order valence-electron chi connectivity index (χ1n) is 7.58. The number of ether oxygens (including phenoxy) is 2. The molecule has 8 heteroatoms. The highest BCUT2D eigenvalue weighted by molar-refractivity contribution is 9.11. The van der Waals surface area contributed by atoms with Crippen molar-refractivity contribution in [3.63, 3.8) is 0 Å². The van der Waals surface area contributed by atoms with Crippen LogP contribution in [0.3, 0.4) is 0 Å². The van der Waals surface area contributed by atoms with Crippen LogP contribution in [0.4, 0.5) is 4.79 Å².